The molecule has 1 amide bonds. The minimum Gasteiger partial charge on any atom is -0.326 e. The minimum atomic E-state index is -2.44. The van der Waals surface area contributed by atoms with Gasteiger partial charge in [0.2, 0.25) is 0 Å². The van der Waals surface area contributed by atoms with Crippen LogP contribution in [0.4, 0.5) is 14.5 Å². The van der Waals surface area contributed by atoms with Gasteiger partial charge in [-0.2, -0.15) is 8.78 Å². The maximum absolute atomic E-state index is 12.3. The van der Waals surface area contributed by atoms with Gasteiger partial charge in [0.15, 0.2) is 6.54 Å². The van der Waals surface area contributed by atoms with Gasteiger partial charge >= 0.3 is 0 Å². The second-order valence-corrected chi connectivity index (χ2v) is 7.37. The molecule has 0 heterocycles. The lowest BCUT2D eigenvalue weighted by atomic mass is 10.2. The Balaban J connectivity index is 1.82. The average Bonchev–Trinajstić information content (AvgIpc) is 2.51. The van der Waals surface area contributed by atoms with Crippen LogP contribution >= 0.6 is 27.7 Å². The lowest BCUT2D eigenvalue weighted by Crippen LogP contribution is -3.08. The van der Waals surface area contributed by atoms with E-state index in [4.69, 9.17) is 0 Å². The highest BCUT2D eigenvalue weighted by Crippen LogP contribution is 2.26. The Morgan fingerprint density at radius 1 is 1.17 bits per heavy atom. The summed E-state index contributed by atoms with van der Waals surface area (Å²) in [6.45, 7) is 1.06. The normalized spacial score (nSPS) is 12.2. The van der Waals surface area contributed by atoms with Crippen molar-refractivity contribution in [2.45, 2.75) is 17.2 Å². The summed E-state index contributed by atoms with van der Waals surface area (Å²) < 4.78 is 25.6. The second-order valence-electron chi connectivity index (χ2n) is 5.39. The zero-order valence-electron chi connectivity index (χ0n) is 13.1. The van der Waals surface area contributed by atoms with Crippen LogP contribution in [-0.2, 0) is 11.3 Å². The third-order valence-electron chi connectivity index (χ3n) is 3.24. The molecule has 0 fully saturated rings. The number of amides is 1. The summed E-state index contributed by atoms with van der Waals surface area (Å²) in [5.41, 5.74) is 1.76. The highest BCUT2D eigenvalue weighted by atomic mass is 79.9. The number of hydrogen-bond acceptors (Lipinski definition) is 2. The third kappa shape index (κ3) is 6.59. The summed E-state index contributed by atoms with van der Waals surface area (Å²) in [6.07, 6.45) is 0. The zero-order chi connectivity index (χ0) is 17.5. The van der Waals surface area contributed by atoms with Gasteiger partial charge in [0.1, 0.15) is 6.54 Å². The van der Waals surface area contributed by atoms with Gasteiger partial charge in [-0.05, 0) is 36.4 Å². The standard InChI is InChI=1S/C17H17BrF2N2OS/c1-22(10-12-2-4-13(18)5-3-12)11-16(23)21-14-6-8-15(9-7-14)24-17(19)20/h2-9,17H,10-11H2,1H3,(H,21,23)/p+1. The molecule has 2 aromatic carbocycles. The number of rotatable bonds is 7. The topological polar surface area (TPSA) is 33.5 Å². The summed E-state index contributed by atoms with van der Waals surface area (Å²) in [5.74, 6) is -2.56. The first kappa shape index (κ1) is 18.9. The molecule has 1 atom stereocenters. The van der Waals surface area contributed by atoms with Crippen LogP contribution in [0, 0.1) is 0 Å². The SMILES string of the molecule is C[NH+](CC(=O)Nc1ccc(SC(F)F)cc1)Cc1ccc(Br)cc1. The molecule has 0 aromatic heterocycles. The van der Waals surface area contributed by atoms with Crippen molar-refractivity contribution < 1.29 is 18.5 Å². The molecule has 0 aliphatic carbocycles. The molecule has 2 aromatic rings. The van der Waals surface area contributed by atoms with Crippen LogP contribution in [0.2, 0.25) is 0 Å². The summed E-state index contributed by atoms with van der Waals surface area (Å²) in [7, 11) is 1.95. The highest BCUT2D eigenvalue weighted by molar-refractivity contribution is 9.10. The van der Waals surface area contributed by atoms with Crippen molar-refractivity contribution >= 4 is 39.3 Å². The van der Waals surface area contributed by atoms with E-state index >= 15 is 0 Å². The van der Waals surface area contributed by atoms with E-state index < -0.39 is 5.76 Å². The maximum atomic E-state index is 12.3. The lowest BCUT2D eigenvalue weighted by molar-refractivity contribution is -0.885. The number of halogens is 3. The Hall–Kier alpha value is -1.44. The molecule has 0 aliphatic rings. The molecule has 0 bridgehead atoms. The number of alkyl halides is 2. The van der Waals surface area contributed by atoms with Crippen LogP contribution in [0.15, 0.2) is 57.9 Å². The smallest absolute Gasteiger partial charge is 0.288 e. The number of carbonyl (C=O) groups excluding carboxylic acids is 1. The van der Waals surface area contributed by atoms with Gasteiger partial charge in [0.25, 0.3) is 11.7 Å². The Morgan fingerprint density at radius 2 is 1.79 bits per heavy atom. The number of anilines is 1. The molecular formula is C17H18BrF2N2OS+. The zero-order valence-corrected chi connectivity index (χ0v) is 15.5. The largest absolute Gasteiger partial charge is 0.326 e. The first-order valence-corrected chi connectivity index (χ1v) is 9.00. The number of hydrogen-bond donors (Lipinski definition) is 2. The monoisotopic (exact) mass is 415 g/mol. The lowest BCUT2D eigenvalue weighted by Gasteiger charge is -2.14. The highest BCUT2D eigenvalue weighted by Gasteiger charge is 2.11. The van der Waals surface area contributed by atoms with Crippen molar-refractivity contribution in [3.05, 3.63) is 58.6 Å². The molecule has 128 valence electrons. The quantitative estimate of drug-likeness (QED) is 0.679. The fourth-order valence-corrected chi connectivity index (χ4v) is 2.98. The van der Waals surface area contributed by atoms with E-state index in [9.17, 15) is 13.6 Å². The molecule has 1 unspecified atom stereocenters. The predicted octanol–water partition coefficient (Wildman–Crippen LogP) is 3.42. The Morgan fingerprint density at radius 3 is 2.38 bits per heavy atom. The molecular weight excluding hydrogens is 398 g/mol. The van der Waals surface area contributed by atoms with Crippen molar-refractivity contribution in [3.8, 4) is 0 Å². The first-order chi connectivity index (χ1) is 11.4. The van der Waals surface area contributed by atoms with Gasteiger partial charge in [-0.1, -0.05) is 39.8 Å². The molecule has 0 aliphatic heterocycles. The van der Waals surface area contributed by atoms with Crippen LogP contribution in [0.1, 0.15) is 5.56 Å². The van der Waals surface area contributed by atoms with Gasteiger partial charge in [-0.15, -0.1) is 0 Å². The maximum Gasteiger partial charge on any atom is 0.288 e. The summed E-state index contributed by atoms with van der Waals surface area (Å²) in [4.78, 5) is 13.6. The third-order valence-corrected chi connectivity index (χ3v) is 4.50. The van der Waals surface area contributed by atoms with E-state index in [1.54, 1.807) is 24.3 Å². The summed E-state index contributed by atoms with van der Waals surface area (Å²) >= 11 is 3.88. The van der Waals surface area contributed by atoms with E-state index in [0.29, 0.717) is 28.9 Å². The van der Waals surface area contributed by atoms with Gasteiger partial charge in [-0.3, -0.25) is 4.79 Å². The Kier molecular flexibility index (Phi) is 7.20. The summed E-state index contributed by atoms with van der Waals surface area (Å²) in [5, 5.41) is 2.78. The molecule has 0 saturated carbocycles. The van der Waals surface area contributed by atoms with Crippen LogP contribution in [-0.4, -0.2) is 25.3 Å². The number of quaternary nitrogens is 1. The molecule has 0 saturated heterocycles. The van der Waals surface area contributed by atoms with Crippen molar-refractivity contribution in [1.29, 1.82) is 0 Å². The van der Waals surface area contributed by atoms with Crippen molar-refractivity contribution in [3.63, 3.8) is 0 Å². The Labute approximate surface area is 152 Å². The minimum absolute atomic E-state index is 0.112. The van der Waals surface area contributed by atoms with Crippen LogP contribution in [0.5, 0.6) is 0 Å². The van der Waals surface area contributed by atoms with E-state index in [0.717, 1.165) is 21.5 Å². The van der Waals surface area contributed by atoms with Crippen LogP contribution in [0.3, 0.4) is 0 Å². The number of benzene rings is 2. The molecule has 7 heteroatoms. The predicted molar refractivity (Wildman–Crippen MR) is 96.5 cm³/mol. The van der Waals surface area contributed by atoms with Crippen LogP contribution in [0.25, 0.3) is 0 Å². The van der Waals surface area contributed by atoms with Gasteiger partial charge in [0.05, 0.1) is 7.05 Å². The fraction of sp³-hybridized carbons (Fsp3) is 0.235. The number of likely N-dealkylation sites (N-methyl/N-ethyl adjacent to an activating group) is 1. The van der Waals surface area contributed by atoms with Crippen molar-refractivity contribution in [2.75, 3.05) is 18.9 Å². The number of nitrogens with one attached hydrogen (secondary N) is 2. The summed E-state index contributed by atoms with van der Waals surface area (Å²) in [6, 6.07) is 14.4. The number of carbonyl (C=O) groups is 1. The first-order valence-electron chi connectivity index (χ1n) is 7.33. The van der Waals surface area contributed by atoms with Crippen molar-refractivity contribution in [1.82, 2.24) is 0 Å². The molecule has 2 rings (SSSR count). The van der Waals surface area contributed by atoms with Gasteiger partial charge < -0.3 is 10.2 Å². The van der Waals surface area contributed by atoms with Crippen LogP contribution < -0.4 is 10.2 Å². The van der Waals surface area contributed by atoms with E-state index in [2.05, 4.69) is 21.2 Å². The van der Waals surface area contributed by atoms with Crippen molar-refractivity contribution in [2.24, 2.45) is 0 Å². The van der Waals surface area contributed by atoms with E-state index in [1.807, 2.05) is 31.3 Å². The van der Waals surface area contributed by atoms with Gasteiger partial charge in [-0.25, -0.2) is 0 Å². The van der Waals surface area contributed by atoms with Gasteiger partial charge in [0, 0.05) is 20.6 Å². The second kappa shape index (κ2) is 9.15. The molecule has 2 N–H and O–H groups in total. The molecule has 24 heavy (non-hydrogen) atoms. The number of thioether (sulfide) groups is 1. The molecule has 0 radical (unpaired) electrons. The fourth-order valence-electron chi connectivity index (χ4n) is 2.21. The Bertz CT molecular complexity index is 665. The van der Waals surface area contributed by atoms with E-state index in [-0.39, 0.29) is 5.91 Å². The molecule has 0 spiro atoms. The average molecular weight is 416 g/mol. The molecule has 3 nitrogen and oxygen atoms in total. The van der Waals surface area contributed by atoms with E-state index in [1.165, 1.54) is 0 Å².